The highest BCUT2D eigenvalue weighted by atomic mass is 19.1. The summed E-state index contributed by atoms with van der Waals surface area (Å²) in [6, 6.07) is 11.3. The van der Waals surface area contributed by atoms with Gasteiger partial charge in [0.2, 0.25) is 0 Å². The topological polar surface area (TPSA) is 118 Å². The molecule has 9 nitrogen and oxygen atoms in total. The minimum Gasteiger partial charge on any atom is -0.361 e. The smallest absolute Gasteiger partial charge is 0.313 e. The van der Waals surface area contributed by atoms with Crippen LogP contribution in [-0.2, 0) is 16.0 Å². The van der Waals surface area contributed by atoms with Crippen LogP contribution in [0.25, 0.3) is 16.6 Å². The van der Waals surface area contributed by atoms with Gasteiger partial charge in [0.1, 0.15) is 5.82 Å². The molecule has 152 valence electrons. The first-order chi connectivity index (χ1) is 14.5. The molecule has 2 aromatic heterocycles. The number of tetrazole rings is 1. The standard InChI is InChI=1S/C20H18FN7O2/c1-12-25-26-27-28(12)16-4-2-3-15(10-16)24-20(30)19(29)22-8-7-13-11-23-18-6-5-14(21)9-17(13)18/h2-6,9-11,23H,7-8H2,1H3,(H,22,29)(H,24,30). The van der Waals surface area contributed by atoms with Gasteiger partial charge in [0.15, 0.2) is 5.82 Å². The van der Waals surface area contributed by atoms with E-state index >= 15 is 0 Å². The summed E-state index contributed by atoms with van der Waals surface area (Å²) < 4.78 is 15.0. The second-order valence-electron chi connectivity index (χ2n) is 6.65. The molecule has 0 spiro atoms. The second-order valence-corrected chi connectivity index (χ2v) is 6.65. The van der Waals surface area contributed by atoms with Crippen molar-refractivity contribution in [3.05, 3.63) is 65.9 Å². The third-order valence-corrected chi connectivity index (χ3v) is 4.59. The first kappa shape index (κ1) is 19.2. The van der Waals surface area contributed by atoms with Gasteiger partial charge >= 0.3 is 11.8 Å². The van der Waals surface area contributed by atoms with E-state index in [1.165, 1.54) is 16.8 Å². The molecule has 4 aromatic rings. The molecule has 4 rings (SSSR count). The molecule has 0 radical (unpaired) electrons. The molecular weight excluding hydrogens is 389 g/mol. The minimum absolute atomic E-state index is 0.236. The van der Waals surface area contributed by atoms with Crippen molar-refractivity contribution in [2.24, 2.45) is 0 Å². The number of nitrogens with zero attached hydrogens (tertiary/aromatic N) is 4. The Bertz CT molecular complexity index is 1230. The lowest BCUT2D eigenvalue weighted by Crippen LogP contribution is -2.36. The number of amides is 2. The van der Waals surface area contributed by atoms with Gasteiger partial charge in [-0.15, -0.1) is 5.10 Å². The zero-order valence-corrected chi connectivity index (χ0v) is 16.0. The Balaban J connectivity index is 1.35. The maximum atomic E-state index is 13.4. The second kappa shape index (κ2) is 8.11. The number of aryl methyl sites for hydroxylation is 1. The van der Waals surface area contributed by atoms with Gasteiger partial charge in [-0.05, 0) is 65.7 Å². The van der Waals surface area contributed by atoms with Crippen molar-refractivity contribution >= 4 is 28.4 Å². The Morgan fingerprint density at radius 2 is 2.03 bits per heavy atom. The first-order valence-corrected chi connectivity index (χ1v) is 9.21. The number of anilines is 1. The Kier molecular flexibility index (Phi) is 5.21. The minimum atomic E-state index is -0.787. The number of fused-ring (bicyclic) bond motifs is 1. The fourth-order valence-electron chi connectivity index (χ4n) is 3.12. The number of benzene rings is 2. The highest BCUT2D eigenvalue weighted by Gasteiger charge is 2.14. The lowest BCUT2D eigenvalue weighted by atomic mass is 10.1. The van der Waals surface area contributed by atoms with Gasteiger partial charge in [0, 0.05) is 29.3 Å². The normalized spacial score (nSPS) is 10.9. The number of aromatic amines is 1. The Morgan fingerprint density at radius 1 is 1.17 bits per heavy atom. The van der Waals surface area contributed by atoms with Crippen LogP contribution in [0.5, 0.6) is 0 Å². The van der Waals surface area contributed by atoms with Crippen LogP contribution in [0.4, 0.5) is 10.1 Å². The zero-order valence-electron chi connectivity index (χ0n) is 16.0. The Hall–Kier alpha value is -4.08. The maximum absolute atomic E-state index is 13.4. The number of carbonyl (C=O) groups excluding carboxylic acids is 2. The van der Waals surface area contributed by atoms with Crippen molar-refractivity contribution in [2.75, 3.05) is 11.9 Å². The average Bonchev–Trinajstić information content (AvgIpc) is 3.34. The predicted molar refractivity (Wildman–Crippen MR) is 107 cm³/mol. The van der Waals surface area contributed by atoms with Crippen LogP contribution in [0.3, 0.4) is 0 Å². The lowest BCUT2D eigenvalue weighted by molar-refractivity contribution is -0.136. The van der Waals surface area contributed by atoms with Crippen molar-refractivity contribution in [2.45, 2.75) is 13.3 Å². The van der Waals surface area contributed by atoms with Gasteiger partial charge < -0.3 is 15.6 Å². The number of hydrogen-bond acceptors (Lipinski definition) is 5. The summed E-state index contributed by atoms with van der Waals surface area (Å²) in [4.78, 5) is 27.4. The monoisotopic (exact) mass is 407 g/mol. The summed E-state index contributed by atoms with van der Waals surface area (Å²) in [5.41, 5.74) is 2.76. The summed E-state index contributed by atoms with van der Waals surface area (Å²) >= 11 is 0. The molecule has 0 unspecified atom stereocenters. The number of nitrogens with one attached hydrogen (secondary N) is 3. The highest BCUT2D eigenvalue weighted by molar-refractivity contribution is 6.39. The number of rotatable bonds is 5. The van der Waals surface area contributed by atoms with Crippen molar-refractivity contribution < 1.29 is 14.0 Å². The molecule has 0 fully saturated rings. The molecule has 0 bridgehead atoms. The molecule has 0 atom stereocenters. The van der Waals surface area contributed by atoms with Crippen molar-refractivity contribution in [3.63, 3.8) is 0 Å². The molecule has 10 heteroatoms. The van der Waals surface area contributed by atoms with Crippen LogP contribution < -0.4 is 10.6 Å². The quantitative estimate of drug-likeness (QED) is 0.437. The Morgan fingerprint density at radius 3 is 2.83 bits per heavy atom. The van der Waals surface area contributed by atoms with E-state index in [9.17, 15) is 14.0 Å². The van der Waals surface area contributed by atoms with Gasteiger partial charge in [0.05, 0.1) is 5.69 Å². The number of H-pyrrole nitrogens is 1. The van der Waals surface area contributed by atoms with Gasteiger partial charge in [-0.25, -0.2) is 4.39 Å². The lowest BCUT2D eigenvalue weighted by Gasteiger charge is -2.08. The fourth-order valence-corrected chi connectivity index (χ4v) is 3.12. The highest BCUT2D eigenvalue weighted by Crippen LogP contribution is 2.19. The molecule has 0 saturated heterocycles. The van der Waals surface area contributed by atoms with Crippen molar-refractivity contribution in [3.8, 4) is 5.69 Å². The van der Waals surface area contributed by atoms with Crippen LogP contribution in [0.15, 0.2) is 48.7 Å². The number of halogens is 1. The third kappa shape index (κ3) is 4.02. The molecule has 2 aromatic carbocycles. The molecular formula is C20H18FN7O2. The average molecular weight is 407 g/mol. The van der Waals surface area contributed by atoms with E-state index in [0.717, 1.165) is 16.5 Å². The zero-order chi connectivity index (χ0) is 21.1. The number of aromatic nitrogens is 5. The van der Waals surface area contributed by atoms with E-state index in [1.54, 1.807) is 43.5 Å². The molecule has 0 saturated carbocycles. The fraction of sp³-hybridized carbons (Fsp3) is 0.150. The number of carbonyl (C=O) groups is 2. The van der Waals surface area contributed by atoms with E-state index in [4.69, 9.17) is 0 Å². The van der Waals surface area contributed by atoms with E-state index in [-0.39, 0.29) is 12.4 Å². The van der Waals surface area contributed by atoms with E-state index in [2.05, 4.69) is 31.1 Å². The summed E-state index contributed by atoms with van der Waals surface area (Å²) in [5, 5.41) is 17.2. The largest absolute Gasteiger partial charge is 0.361 e. The molecule has 2 amide bonds. The van der Waals surface area contributed by atoms with Crippen LogP contribution in [0.2, 0.25) is 0 Å². The number of hydrogen-bond donors (Lipinski definition) is 3. The summed E-state index contributed by atoms with van der Waals surface area (Å²) in [6.45, 7) is 1.99. The van der Waals surface area contributed by atoms with Crippen LogP contribution >= 0.6 is 0 Å². The van der Waals surface area contributed by atoms with Gasteiger partial charge in [-0.2, -0.15) is 4.68 Å². The molecule has 0 aliphatic rings. The molecule has 30 heavy (non-hydrogen) atoms. The summed E-state index contributed by atoms with van der Waals surface area (Å²) in [6.07, 6.45) is 2.22. The van der Waals surface area contributed by atoms with Gasteiger partial charge in [0.25, 0.3) is 0 Å². The van der Waals surface area contributed by atoms with Crippen LogP contribution in [-0.4, -0.2) is 43.6 Å². The molecule has 3 N–H and O–H groups in total. The third-order valence-electron chi connectivity index (χ3n) is 4.59. The van der Waals surface area contributed by atoms with Crippen LogP contribution in [0.1, 0.15) is 11.4 Å². The van der Waals surface area contributed by atoms with E-state index in [0.29, 0.717) is 23.6 Å². The van der Waals surface area contributed by atoms with Crippen LogP contribution in [0, 0.1) is 12.7 Å². The predicted octanol–water partition coefficient (Wildman–Crippen LogP) is 1.89. The first-order valence-electron chi connectivity index (χ1n) is 9.21. The van der Waals surface area contributed by atoms with Crippen molar-refractivity contribution in [1.82, 2.24) is 30.5 Å². The van der Waals surface area contributed by atoms with Crippen molar-refractivity contribution in [1.29, 1.82) is 0 Å². The van der Waals surface area contributed by atoms with Gasteiger partial charge in [-0.1, -0.05) is 6.07 Å². The summed E-state index contributed by atoms with van der Waals surface area (Å²) in [7, 11) is 0. The maximum Gasteiger partial charge on any atom is 0.313 e. The SMILES string of the molecule is Cc1nnnn1-c1cccc(NC(=O)C(=O)NCCc2c[nH]c3ccc(F)cc23)c1. The Labute approximate surface area is 170 Å². The molecule has 0 aliphatic carbocycles. The molecule has 2 heterocycles. The van der Waals surface area contributed by atoms with E-state index < -0.39 is 11.8 Å². The van der Waals surface area contributed by atoms with E-state index in [1.807, 2.05) is 0 Å². The van der Waals surface area contributed by atoms with Gasteiger partial charge in [-0.3, -0.25) is 9.59 Å². The molecule has 0 aliphatic heterocycles. The summed E-state index contributed by atoms with van der Waals surface area (Å²) in [5.74, 6) is -1.28.